The minimum Gasteiger partial charge on any atom is -0.508 e. The van der Waals surface area contributed by atoms with E-state index in [-0.39, 0.29) is 29.2 Å². The van der Waals surface area contributed by atoms with Crippen LogP contribution in [0.1, 0.15) is 24.2 Å². The first kappa shape index (κ1) is 16.6. The molecule has 0 aromatic heterocycles. The minimum absolute atomic E-state index is 0.0914. The summed E-state index contributed by atoms with van der Waals surface area (Å²) >= 11 is 0. The predicted molar refractivity (Wildman–Crippen MR) is 83.8 cm³/mol. The molecule has 0 saturated heterocycles. The van der Waals surface area contributed by atoms with Gasteiger partial charge in [0.1, 0.15) is 23.4 Å². The molecule has 0 radical (unpaired) electrons. The van der Waals surface area contributed by atoms with Crippen LogP contribution in [0.15, 0.2) is 24.3 Å². The summed E-state index contributed by atoms with van der Waals surface area (Å²) in [6.45, 7) is 1.22. The summed E-state index contributed by atoms with van der Waals surface area (Å²) < 4.78 is 11.0. The molecule has 1 aliphatic heterocycles. The molecular weight excluding hydrogens is 332 g/mol. The summed E-state index contributed by atoms with van der Waals surface area (Å²) in [5.74, 6) is -2.63. The Kier molecular flexibility index (Phi) is 3.96. The lowest BCUT2D eigenvalue weighted by Crippen LogP contribution is -2.34. The number of phenolic OH excluding ortho intramolecular Hbond substituents is 5. The molecular formula is C17H16O8. The maximum Gasteiger partial charge on any atom is 0.303 e. The standard InChI is InChI=1S/C17H16O8/c1-7(18)24-15-6-10-11(20)4-9(19)5-14(10)25-17(15)8-2-12(21)16(23)13(22)3-8/h2-5,15,17,19-23H,6H2,1H3/t15-,17?/m0/s1. The van der Waals surface area contributed by atoms with E-state index in [1.54, 1.807) is 0 Å². The molecule has 1 aliphatic rings. The first-order chi connectivity index (χ1) is 11.8. The maximum absolute atomic E-state index is 11.4. The lowest BCUT2D eigenvalue weighted by atomic mass is 9.93. The average Bonchev–Trinajstić information content (AvgIpc) is 2.51. The average molecular weight is 348 g/mol. The summed E-state index contributed by atoms with van der Waals surface area (Å²) in [5.41, 5.74) is 0.597. The van der Waals surface area contributed by atoms with E-state index in [4.69, 9.17) is 9.47 Å². The molecule has 2 aromatic rings. The van der Waals surface area contributed by atoms with E-state index < -0.39 is 35.4 Å². The molecule has 132 valence electrons. The van der Waals surface area contributed by atoms with Crippen LogP contribution in [-0.2, 0) is 16.0 Å². The largest absolute Gasteiger partial charge is 0.508 e. The van der Waals surface area contributed by atoms with Gasteiger partial charge in [0.05, 0.1) is 0 Å². The smallest absolute Gasteiger partial charge is 0.303 e. The fraction of sp³-hybridized carbons (Fsp3) is 0.235. The second-order valence-corrected chi connectivity index (χ2v) is 5.74. The molecule has 0 aliphatic carbocycles. The van der Waals surface area contributed by atoms with E-state index in [0.29, 0.717) is 5.56 Å². The van der Waals surface area contributed by atoms with Gasteiger partial charge in [0, 0.05) is 36.6 Å². The van der Waals surface area contributed by atoms with Crippen LogP contribution in [0.3, 0.4) is 0 Å². The number of hydrogen-bond acceptors (Lipinski definition) is 8. The minimum atomic E-state index is -0.935. The number of carbonyl (C=O) groups excluding carboxylic acids is 1. The number of carbonyl (C=O) groups is 1. The van der Waals surface area contributed by atoms with Gasteiger partial charge in [-0.3, -0.25) is 4.79 Å². The number of ether oxygens (including phenoxy) is 2. The number of esters is 1. The van der Waals surface area contributed by atoms with Gasteiger partial charge in [-0.15, -0.1) is 0 Å². The van der Waals surface area contributed by atoms with Gasteiger partial charge < -0.3 is 35.0 Å². The van der Waals surface area contributed by atoms with Crippen LogP contribution in [0.25, 0.3) is 0 Å². The van der Waals surface area contributed by atoms with Gasteiger partial charge in [-0.05, 0) is 12.1 Å². The molecule has 0 fully saturated rings. The van der Waals surface area contributed by atoms with Gasteiger partial charge in [-0.1, -0.05) is 0 Å². The zero-order valence-electron chi connectivity index (χ0n) is 13.1. The van der Waals surface area contributed by atoms with Crippen molar-refractivity contribution >= 4 is 5.97 Å². The summed E-state index contributed by atoms with van der Waals surface area (Å²) in [7, 11) is 0. The third-order valence-electron chi connectivity index (χ3n) is 3.90. The molecule has 2 aromatic carbocycles. The van der Waals surface area contributed by atoms with Crippen LogP contribution in [0.2, 0.25) is 0 Å². The zero-order valence-corrected chi connectivity index (χ0v) is 13.1. The third kappa shape index (κ3) is 3.06. The Bertz CT molecular complexity index is 822. The Morgan fingerprint density at radius 2 is 1.68 bits per heavy atom. The number of fused-ring (bicyclic) bond motifs is 1. The number of aromatic hydroxyl groups is 5. The summed E-state index contributed by atoms with van der Waals surface area (Å²) in [5, 5.41) is 48.5. The summed E-state index contributed by atoms with van der Waals surface area (Å²) in [4.78, 5) is 11.4. The molecule has 0 saturated carbocycles. The lowest BCUT2D eigenvalue weighted by molar-refractivity contribution is -0.152. The number of phenols is 5. The van der Waals surface area contributed by atoms with Gasteiger partial charge in [0.2, 0.25) is 0 Å². The van der Waals surface area contributed by atoms with Crippen LogP contribution in [0.4, 0.5) is 0 Å². The maximum atomic E-state index is 11.4. The molecule has 8 nitrogen and oxygen atoms in total. The zero-order chi connectivity index (χ0) is 18.3. The van der Waals surface area contributed by atoms with Crippen molar-refractivity contribution in [1.82, 2.24) is 0 Å². The van der Waals surface area contributed by atoms with Crippen molar-refractivity contribution in [1.29, 1.82) is 0 Å². The third-order valence-corrected chi connectivity index (χ3v) is 3.90. The Morgan fingerprint density at radius 1 is 1.04 bits per heavy atom. The first-order valence-electron chi connectivity index (χ1n) is 7.40. The van der Waals surface area contributed by atoms with Gasteiger partial charge in [-0.25, -0.2) is 0 Å². The Hall–Kier alpha value is -3.29. The van der Waals surface area contributed by atoms with Crippen LogP contribution < -0.4 is 4.74 Å². The van der Waals surface area contributed by atoms with E-state index >= 15 is 0 Å². The second-order valence-electron chi connectivity index (χ2n) is 5.74. The lowest BCUT2D eigenvalue weighted by Gasteiger charge is -2.33. The van der Waals surface area contributed by atoms with Crippen molar-refractivity contribution in [3.8, 4) is 34.5 Å². The molecule has 2 atom stereocenters. The van der Waals surface area contributed by atoms with E-state index in [2.05, 4.69) is 0 Å². The molecule has 5 N–H and O–H groups in total. The molecule has 1 unspecified atom stereocenters. The van der Waals surface area contributed by atoms with Gasteiger partial charge >= 0.3 is 5.97 Å². The fourth-order valence-electron chi connectivity index (χ4n) is 2.84. The van der Waals surface area contributed by atoms with Crippen LogP contribution in [0, 0.1) is 0 Å². The molecule has 8 heteroatoms. The summed E-state index contributed by atoms with van der Waals surface area (Å²) in [6, 6.07) is 4.78. The SMILES string of the molecule is CC(=O)O[C@H]1Cc2c(O)cc(O)cc2OC1c1cc(O)c(O)c(O)c1. The van der Waals surface area contributed by atoms with Crippen molar-refractivity contribution in [2.24, 2.45) is 0 Å². The first-order valence-corrected chi connectivity index (χ1v) is 7.40. The highest BCUT2D eigenvalue weighted by Crippen LogP contribution is 2.45. The molecule has 0 amide bonds. The second kappa shape index (κ2) is 5.97. The topological polar surface area (TPSA) is 137 Å². The molecule has 0 spiro atoms. The van der Waals surface area contributed by atoms with Crippen LogP contribution in [0.5, 0.6) is 34.5 Å². The van der Waals surface area contributed by atoms with Gasteiger partial charge in [-0.2, -0.15) is 0 Å². The van der Waals surface area contributed by atoms with E-state index in [1.807, 2.05) is 0 Å². The van der Waals surface area contributed by atoms with E-state index in [9.17, 15) is 30.3 Å². The normalized spacial score (nSPS) is 18.9. The van der Waals surface area contributed by atoms with Crippen LogP contribution >= 0.6 is 0 Å². The van der Waals surface area contributed by atoms with E-state index in [1.165, 1.54) is 25.1 Å². The van der Waals surface area contributed by atoms with Gasteiger partial charge in [0.25, 0.3) is 0 Å². The number of benzene rings is 2. The highest BCUT2D eigenvalue weighted by Gasteiger charge is 2.36. The van der Waals surface area contributed by atoms with Gasteiger partial charge in [0.15, 0.2) is 23.4 Å². The van der Waals surface area contributed by atoms with Crippen molar-refractivity contribution in [3.05, 3.63) is 35.4 Å². The molecule has 3 rings (SSSR count). The highest BCUT2D eigenvalue weighted by atomic mass is 16.6. The van der Waals surface area contributed by atoms with E-state index in [0.717, 1.165) is 6.07 Å². The number of hydrogen-bond donors (Lipinski definition) is 5. The van der Waals surface area contributed by atoms with Crippen molar-refractivity contribution in [2.75, 3.05) is 0 Å². The molecule has 25 heavy (non-hydrogen) atoms. The fourth-order valence-corrected chi connectivity index (χ4v) is 2.84. The van der Waals surface area contributed by atoms with Crippen molar-refractivity contribution in [3.63, 3.8) is 0 Å². The quantitative estimate of drug-likeness (QED) is 0.409. The van der Waals surface area contributed by atoms with Crippen molar-refractivity contribution in [2.45, 2.75) is 25.6 Å². The number of rotatable bonds is 2. The monoisotopic (exact) mass is 348 g/mol. The molecule has 0 bridgehead atoms. The molecule has 1 heterocycles. The Balaban J connectivity index is 2.07. The predicted octanol–water partition coefficient (Wildman–Crippen LogP) is 1.82. The highest BCUT2D eigenvalue weighted by molar-refractivity contribution is 5.66. The summed E-state index contributed by atoms with van der Waals surface area (Å²) in [6.07, 6.45) is -1.70. The Labute approximate surface area is 142 Å². The Morgan fingerprint density at radius 3 is 2.28 bits per heavy atom. The van der Waals surface area contributed by atoms with Crippen molar-refractivity contribution < 1.29 is 39.8 Å². The van der Waals surface area contributed by atoms with Crippen LogP contribution in [-0.4, -0.2) is 37.6 Å².